The van der Waals surface area contributed by atoms with Gasteiger partial charge in [0.25, 0.3) is 0 Å². The summed E-state index contributed by atoms with van der Waals surface area (Å²) in [6.07, 6.45) is 3.04. The second-order valence-electron chi connectivity index (χ2n) is 9.26. The largest absolute Gasteiger partial charge is 0.444 e. The number of nitrogens with zero attached hydrogens (tertiary/aromatic N) is 4. The first kappa shape index (κ1) is 22.0. The summed E-state index contributed by atoms with van der Waals surface area (Å²) in [7, 11) is 0. The Morgan fingerprint density at radius 1 is 1.09 bits per heavy atom. The summed E-state index contributed by atoms with van der Waals surface area (Å²) >= 11 is 0. The van der Waals surface area contributed by atoms with Gasteiger partial charge in [0, 0.05) is 24.7 Å². The van der Waals surface area contributed by atoms with Gasteiger partial charge in [0.2, 0.25) is 5.95 Å². The summed E-state index contributed by atoms with van der Waals surface area (Å²) in [6, 6.07) is 13.1. The molecule has 3 heterocycles. The van der Waals surface area contributed by atoms with Crippen LogP contribution in [0.1, 0.15) is 45.2 Å². The van der Waals surface area contributed by atoms with Gasteiger partial charge in [0.15, 0.2) is 0 Å². The maximum Gasteiger partial charge on any atom is 0.410 e. The van der Waals surface area contributed by atoms with Gasteiger partial charge in [-0.25, -0.2) is 14.8 Å². The van der Waals surface area contributed by atoms with Gasteiger partial charge in [0.1, 0.15) is 5.60 Å². The van der Waals surface area contributed by atoms with Crippen LogP contribution < -0.4 is 0 Å². The molecule has 0 radical (unpaired) electrons. The molecule has 32 heavy (non-hydrogen) atoms. The third kappa shape index (κ3) is 4.82. The highest BCUT2D eigenvalue weighted by Crippen LogP contribution is 2.35. The molecule has 3 aromatic rings. The molecule has 1 saturated heterocycles. The molecule has 1 aliphatic heterocycles. The number of benzene rings is 1. The number of hydrogen-bond acceptors (Lipinski definition) is 4. The number of piperidine rings is 1. The van der Waals surface area contributed by atoms with Gasteiger partial charge >= 0.3 is 6.09 Å². The SMILES string of the molecule is Cc1ccc(-c2ncn(C3CCN(C(=O)OC(C)(C)C)CC3)c2-c2cccc(F)n2)cc1. The molecular weight excluding hydrogens is 407 g/mol. The van der Waals surface area contributed by atoms with Gasteiger partial charge in [-0.2, -0.15) is 4.39 Å². The predicted octanol–water partition coefficient (Wildman–Crippen LogP) is 5.63. The van der Waals surface area contributed by atoms with E-state index in [1.807, 2.05) is 64.4 Å². The Morgan fingerprint density at radius 2 is 1.78 bits per heavy atom. The number of rotatable bonds is 3. The minimum Gasteiger partial charge on any atom is -0.444 e. The first-order chi connectivity index (χ1) is 15.2. The number of hydrogen-bond donors (Lipinski definition) is 0. The Balaban J connectivity index is 1.64. The Labute approximate surface area is 188 Å². The lowest BCUT2D eigenvalue weighted by molar-refractivity contribution is 0.0189. The molecule has 6 nitrogen and oxygen atoms in total. The van der Waals surface area contributed by atoms with Crippen molar-refractivity contribution in [2.75, 3.05) is 13.1 Å². The highest BCUT2D eigenvalue weighted by molar-refractivity contribution is 5.77. The van der Waals surface area contributed by atoms with Crippen molar-refractivity contribution in [2.24, 2.45) is 0 Å². The zero-order chi connectivity index (χ0) is 22.9. The van der Waals surface area contributed by atoms with E-state index in [1.165, 1.54) is 6.07 Å². The number of carbonyl (C=O) groups excluding carboxylic acids is 1. The van der Waals surface area contributed by atoms with E-state index >= 15 is 0 Å². The van der Waals surface area contributed by atoms with Gasteiger partial charge in [0.05, 0.1) is 23.4 Å². The van der Waals surface area contributed by atoms with E-state index < -0.39 is 11.5 Å². The molecule has 7 heteroatoms. The summed E-state index contributed by atoms with van der Waals surface area (Å²) in [5, 5.41) is 0. The van der Waals surface area contributed by atoms with Gasteiger partial charge in [-0.1, -0.05) is 35.9 Å². The Bertz CT molecular complexity index is 1090. The fourth-order valence-corrected chi connectivity index (χ4v) is 4.01. The van der Waals surface area contributed by atoms with Crippen LogP contribution in [0.15, 0.2) is 48.8 Å². The lowest BCUT2D eigenvalue weighted by Gasteiger charge is -2.34. The standard InChI is InChI=1S/C25H29FN4O2/c1-17-8-10-18(11-9-17)22-23(20-6-5-7-21(26)28-20)30(16-27-22)19-12-14-29(15-13-19)24(31)32-25(2,3)4/h5-11,16,19H,12-15H2,1-4H3. The van der Waals surface area contributed by atoms with Gasteiger partial charge in [-0.05, 0) is 52.7 Å². The average Bonchev–Trinajstić information content (AvgIpc) is 3.18. The molecule has 0 unspecified atom stereocenters. The monoisotopic (exact) mass is 436 g/mol. The van der Waals surface area contributed by atoms with Gasteiger partial charge < -0.3 is 14.2 Å². The van der Waals surface area contributed by atoms with E-state index in [2.05, 4.69) is 9.55 Å². The molecule has 1 fully saturated rings. The Morgan fingerprint density at radius 3 is 2.41 bits per heavy atom. The van der Waals surface area contributed by atoms with Gasteiger partial charge in [-0.15, -0.1) is 0 Å². The van der Waals surface area contributed by atoms with Crippen molar-refractivity contribution in [1.82, 2.24) is 19.4 Å². The van der Waals surface area contributed by atoms with Gasteiger partial charge in [-0.3, -0.25) is 0 Å². The zero-order valence-corrected chi connectivity index (χ0v) is 19.0. The molecule has 0 N–H and O–H groups in total. The quantitative estimate of drug-likeness (QED) is 0.499. The summed E-state index contributed by atoms with van der Waals surface area (Å²) in [4.78, 5) is 23.0. The van der Waals surface area contributed by atoms with Crippen molar-refractivity contribution in [3.05, 3.63) is 60.3 Å². The van der Waals surface area contributed by atoms with Crippen molar-refractivity contribution < 1.29 is 13.9 Å². The maximum absolute atomic E-state index is 14.0. The van der Waals surface area contributed by atoms with Crippen molar-refractivity contribution in [3.8, 4) is 22.6 Å². The number of aromatic nitrogens is 3. The predicted molar refractivity (Wildman–Crippen MR) is 122 cm³/mol. The maximum atomic E-state index is 14.0. The number of likely N-dealkylation sites (tertiary alicyclic amines) is 1. The molecule has 0 aliphatic carbocycles. The lowest BCUT2D eigenvalue weighted by atomic mass is 10.0. The van der Waals surface area contributed by atoms with Crippen molar-refractivity contribution in [1.29, 1.82) is 0 Å². The smallest absolute Gasteiger partial charge is 0.410 e. The fraction of sp³-hybridized carbons (Fsp3) is 0.400. The number of imidazole rings is 1. The van der Waals surface area contributed by atoms with E-state index in [0.717, 1.165) is 35.4 Å². The van der Waals surface area contributed by atoms with E-state index in [9.17, 15) is 9.18 Å². The summed E-state index contributed by atoms with van der Waals surface area (Å²) in [5.41, 5.74) is 3.72. The molecule has 0 saturated carbocycles. The number of amides is 1. The number of aryl methyl sites for hydroxylation is 1. The summed E-state index contributed by atoms with van der Waals surface area (Å²) in [5.74, 6) is -0.523. The van der Waals surface area contributed by atoms with Crippen LogP contribution in [0, 0.1) is 12.9 Å². The first-order valence-electron chi connectivity index (χ1n) is 11.0. The summed E-state index contributed by atoms with van der Waals surface area (Å²) in [6.45, 7) is 8.83. The molecule has 1 aromatic carbocycles. The topological polar surface area (TPSA) is 60.2 Å². The van der Waals surface area contributed by atoms with Crippen LogP contribution in [-0.2, 0) is 4.74 Å². The first-order valence-corrected chi connectivity index (χ1v) is 11.0. The van der Waals surface area contributed by atoms with Crippen LogP contribution in [0.25, 0.3) is 22.6 Å². The van der Waals surface area contributed by atoms with Crippen LogP contribution >= 0.6 is 0 Å². The molecule has 0 bridgehead atoms. The molecule has 1 aliphatic rings. The lowest BCUT2D eigenvalue weighted by Crippen LogP contribution is -2.42. The van der Waals surface area contributed by atoms with Crippen molar-refractivity contribution in [3.63, 3.8) is 0 Å². The zero-order valence-electron chi connectivity index (χ0n) is 19.0. The normalized spacial score (nSPS) is 15.1. The van der Waals surface area contributed by atoms with E-state index in [-0.39, 0.29) is 12.1 Å². The van der Waals surface area contributed by atoms with E-state index in [4.69, 9.17) is 9.72 Å². The Hall–Kier alpha value is -3.22. The van der Waals surface area contributed by atoms with Crippen molar-refractivity contribution in [2.45, 2.75) is 52.2 Å². The fourth-order valence-electron chi connectivity index (χ4n) is 4.01. The van der Waals surface area contributed by atoms with Crippen LogP contribution in [0.2, 0.25) is 0 Å². The molecule has 4 rings (SSSR count). The van der Waals surface area contributed by atoms with Crippen LogP contribution in [0.3, 0.4) is 0 Å². The molecule has 2 aromatic heterocycles. The third-order valence-corrected chi connectivity index (χ3v) is 5.59. The third-order valence-electron chi connectivity index (χ3n) is 5.59. The molecule has 0 spiro atoms. The van der Waals surface area contributed by atoms with Crippen LogP contribution in [0.5, 0.6) is 0 Å². The number of halogens is 1. The highest BCUT2D eigenvalue weighted by atomic mass is 19.1. The summed E-state index contributed by atoms with van der Waals surface area (Å²) < 4.78 is 21.6. The highest BCUT2D eigenvalue weighted by Gasteiger charge is 2.29. The second-order valence-corrected chi connectivity index (χ2v) is 9.26. The number of pyridine rings is 1. The number of carbonyl (C=O) groups is 1. The molecular formula is C25H29FN4O2. The second kappa shape index (κ2) is 8.73. The minimum absolute atomic E-state index is 0.125. The minimum atomic E-state index is -0.523. The van der Waals surface area contributed by atoms with Crippen molar-refractivity contribution >= 4 is 6.09 Å². The Kier molecular flexibility index (Phi) is 6.00. The average molecular weight is 437 g/mol. The molecule has 1 amide bonds. The van der Waals surface area contributed by atoms with Crippen LogP contribution in [-0.4, -0.2) is 44.2 Å². The molecule has 0 atom stereocenters. The van der Waals surface area contributed by atoms with Crippen LogP contribution in [0.4, 0.5) is 9.18 Å². The van der Waals surface area contributed by atoms with E-state index in [1.54, 1.807) is 11.0 Å². The molecule has 168 valence electrons. The van der Waals surface area contributed by atoms with E-state index in [0.29, 0.717) is 18.8 Å². The number of ether oxygens (including phenoxy) is 1.